The lowest BCUT2D eigenvalue weighted by atomic mass is 10.1. The number of nitrogens with zero attached hydrogens (tertiary/aromatic N) is 1. The van der Waals surface area contributed by atoms with Gasteiger partial charge in [-0.3, -0.25) is 9.10 Å². The molecule has 138 valence electrons. The maximum absolute atomic E-state index is 12.6. The van der Waals surface area contributed by atoms with Crippen molar-refractivity contribution in [2.75, 3.05) is 17.1 Å². The van der Waals surface area contributed by atoms with Crippen LogP contribution >= 0.6 is 23.2 Å². The first-order chi connectivity index (χ1) is 12.2. The van der Waals surface area contributed by atoms with Crippen LogP contribution in [0.3, 0.4) is 0 Å². The van der Waals surface area contributed by atoms with Gasteiger partial charge in [-0.05, 0) is 54.8 Å². The van der Waals surface area contributed by atoms with Crippen LogP contribution in [0.15, 0.2) is 36.4 Å². The van der Waals surface area contributed by atoms with Crippen molar-refractivity contribution in [2.45, 2.75) is 19.4 Å². The third-order valence-electron chi connectivity index (χ3n) is 4.37. The Hall–Kier alpha value is -1.76. The minimum absolute atomic E-state index is 0.246. The van der Waals surface area contributed by atoms with Crippen molar-refractivity contribution in [3.63, 3.8) is 0 Å². The summed E-state index contributed by atoms with van der Waals surface area (Å²) in [5.74, 6) is -0.246. The predicted octanol–water partition coefficient (Wildman–Crippen LogP) is 3.81. The van der Waals surface area contributed by atoms with Crippen molar-refractivity contribution in [2.24, 2.45) is 0 Å². The van der Waals surface area contributed by atoms with Gasteiger partial charge in [-0.25, -0.2) is 8.42 Å². The second kappa shape index (κ2) is 7.10. The zero-order valence-electron chi connectivity index (χ0n) is 14.3. The standard InChI is InChI=1S/C18H18Cl2N2O3S/c1-11(15-5-4-14(19)10-16(15)20)21-18(23)13-3-6-17-12(9-13)7-8-22(17)26(2,24)25/h3-6,9-11H,7-8H2,1-2H3,(H,21,23). The molecule has 8 heteroatoms. The number of nitrogens with one attached hydrogen (secondary N) is 1. The summed E-state index contributed by atoms with van der Waals surface area (Å²) in [5.41, 5.74) is 2.74. The lowest BCUT2D eigenvalue weighted by Gasteiger charge is -2.18. The zero-order chi connectivity index (χ0) is 19.1. The molecule has 1 aliphatic rings. The van der Waals surface area contributed by atoms with E-state index in [0.717, 1.165) is 11.1 Å². The Morgan fingerprint density at radius 1 is 1.19 bits per heavy atom. The van der Waals surface area contributed by atoms with E-state index in [1.54, 1.807) is 36.4 Å². The SMILES string of the molecule is CC(NC(=O)c1ccc2c(c1)CCN2S(C)(=O)=O)c1ccc(Cl)cc1Cl. The van der Waals surface area contributed by atoms with Crippen LogP contribution in [-0.2, 0) is 16.4 Å². The van der Waals surface area contributed by atoms with Crippen LogP contribution in [0.2, 0.25) is 10.0 Å². The molecule has 0 fully saturated rings. The van der Waals surface area contributed by atoms with Crippen LogP contribution in [0.25, 0.3) is 0 Å². The predicted molar refractivity (Wildman–Crippen MR) is 105 cm³/mol. The number of hydrogen-bond donors (Lipinski definition) is 1. The molecule has 0 aromatic heterocycles. The molecule has 2 aromatic carbocycles. The van der Waals surface area contributed by atoms with E-state index in [1.165, 1.54) is 10.6 Å². The number of rotatable bonds is 4. The molecule has 0 aliphatic carbocycles. The summed E-state index contributed by atoms with van der Waals surface area (Å²) < 4.78 is 25.0. The van der Waals surface area contributed by atoms with E-state index in [4.69, 9.17) is 23.2 Å². The van der Waals surface area contributed by atoms with E-state index in [0.29, 0.717) is 34.3 Å². The molecule has 1 amide bonds. The van der Waals surface area contributed by atoms with Crippen LogP contribution in [0.4, 0.5) is 5.69 Å². The van der Waals surface area contributed by atoms with Crippen molar-refractivity contribution < 1.29 is 13.2 Å². The maximum atomic E-state index is 12.6. The lowest BCUT2D eigenvalue weighted by molar-refractivity contribution is 0.0940. The van der Waals surface area contributed by atoms with Gasteiger partial charge in [0.25, 0.3) is 5.91 Å². The molecule has 0 bridgehead atoms. The molecule has 1 heterocycles. The Kier molecular flexibility index (Phi) is 5.19. The van der Waals surface area contributed by atoms with E-state index in [-0.39, 0.29) is 11.9 Å². The van der Waals surface area contributed by atoms with Crippen LogP contribution in [0.5, 0.6) is 0 Å². The molecule has 1 aliphatic heterocycles. The Labute approximate surface area is 163 Å². The average molecular weight is 413 g/mol. The second-order valence-electron chi connectivity index (χ2n) is 6.29. The third kappa shape index (κ3) is 3.82. The number of anilines is 1. The average Bonchev–Trinajstić information content (AvgIpc) is 2.97. The first kappa shape index (κ1) is 19.0. The molecule has 0 spiro atoms. The zero-order valence-corrected chi connectivity index (χ0v) is 16.6. The Morgan fingerprint density at radius 2 is 1.92 bits per heavy atom. The van der Waals surface area contributed by atoms with Gasteiger partial charge in [0.15, 0.2) is 0 Å². The van der Waals surface area contributed by atoms with Gasteiger partial charge < -0.3 is 5.32 Å². The summed E-state index contributed by atoms with van der Waals surface area (Å²) in [6.07, 6.45) is 1.77. The molecule has 1 atom stereocenters. The number of carbonyl (C=O) groups is 1. The molecule has 5 nitrogen and oxygen atoms in total. The molecule has 0 radical (unpaired) electrons. The second-order valence-corrected chi connectivity index (χ2v) is 9.04. The number of fused-ring (bicyclic) bond motifs is 1. The Morgan fingerprint density at radius 3 is 2.58 bits per heavy atom. The molecule has 0 saturated carbocycles. The number of halogens is 2. The van der Waals surface area contributed by atoms with Crippen molar-refractivity contribution in [3.05, 3.63) is 63.1 Å². The van der Waals surface area contributed by atoms with Gasteiger partial charge in [0.1, 0.15) is 0 Å². The van der Waals surface area contributed by atoms with Gasteiger partial charge in [-0.2, -0.15) is 0 Å². The fourth-order valence-corrected chi connectivity index (χ4v) is 4.60. The van der Waals surface area contributed by atoms with E-state index >= 15 is 0 Å². The minimum Gasteiger partial charge on any atom is -0.345 e. The summed E-state index contributed by atoms with van der Waals surface area (Å²) in [6.45, 7) is 2.24. The summed E-state index contributed by atoms with van der Waals surface area (Å²) in [7, 11) is -3.31. The molecule has 1 unspecified atom stereocenters. The van der Waals surface area contributed by atoms with Crippen LogP contribution in [0, 0.1) is 0 Å². The molecule has 2 aromatic rings. The smallest absolute Gasteiger partial charge is 0.251 e. The molecular weight excluding hydrogens is 395 g/mol. The molecule has 26 heavy (non-hydrogen) atoms. The Bertz CT molecular complexity index is 976. The van der Waals surface area contributed by atoms with Crippen molar-refractivity contribution >= 4 is 44.8 Å². The van der Waals surface area contributed by atoms with Gasteiger partial charge in [-0.15, -0.1) is 0 Å². The highest BCUT2D eigenvalue weighted by atomic mass is 35.5. The first-order valence-electron chi connectivity index (χ1n) is 8.03. The van der Waals surface area contributed by atoms with E-state index in [1.807, 2.05) is 6.92 Å². The van der Waals surface area contributed by atoms with Gasteiger partial charge in [0, 0.05) is 22.2 Å². The largest absolute Gasteiger partial charge is 0.345 e. The highest BCUT2D eigenvalue weighted by Gasteiger charge is 2.27. The molecule has 3 rings (SSSR count). The van der Waals surface area contributed by atoms with Gasteiger partial charge >= 0.3 is 0 Å². The number of sulfonamides is 1. The summed E-state index contributed by atoms with van der Waals surface area (Å²) in [5, 5.41) is 3.93. The van der Waals surface area contributed by atoms with E-state index in [2.05, 4.69) is 5.32 Å². The maximum Gasteiger partial charge on any atom is 0.251 e. The summed E-state index contributed by atoms with van der Waals surface area (Å²) >= 11 is 12.1. The number of benzene rings is 2. The first-order valence-corrected chi connectivity index (χ1v) is 10.6. The lowest BCUT2D eigenvalue weighted by Crippen LogP contribution is -2.28. The van der Waals surface area contributed by atoms with E-state index < -0.39 is 10.0 Å². The Balaban J connectivity index is 1.79. The summed E-state index contributed by atoms with van der Waals surface area (Å²) in [4.78, 5) is 12.6. The number of amides is 1. The van der Waals surface area contributed by atoms with Gasteiger partial charge in [0.2, 0.25) is 10.0 Å². The fourth-order valence-electron chi connectivity index (χ4n) is 3.07. The summed E-state index contributed by atoms with van der Waals surface area (Å²) in [6, 6.07) is 9.89. The highest BCUT2D eigenvalue weighted by Crippen LogP contribution is 2.31. The third-order valence-corrected chi connectivity index (χ3v) is 6.11. The molecule has 0 saturated heterocycles. The minimum atomic E-state index is -3.31. The van der Waals surface area contributed by atoms with Gasteiger partial charge in [0.05, 0.1) is 18.0 Å². The van der Waals surface area contributed by atoms with E-state index in [9.17, 15) is 13.2 Å². The molecule has 1 N–H and O–H groups in total. The monoisotopic (exact) mass is 412 g/mol. The number of hydrogen-bond acceptors (Lipinski definition) is 3. The van der Waals surface area contributed by atoms with Crippen molar-refractivity contribution in [1.29, 1.82) is 0 Å². The van der Waals surface area contributed by atoms with Crippen LogP contribution < -0.4 is 9.62 Å². The molecular formula is C18H18Cl2N2O3S. The topological polar surface area (TPSA) is 66.5 Å². The van der Waals surface area contributed by atoms with Crippen molar-refractivity contribution in [3.8, 4) is 0 Å². The number of carbonyl (C=O) groups excluding carboxylic acids is 1. The highest BCUT2D eigenvalue weighted by molar-refractivity contribution is 7.92. The van der Waals surface area contributed by atoms with Crippen LogP contribution in [-0.4, -0.2) is 27.1 Å². The van der Waals surface area contributed by atoms with Crippen molar-refractivity contribution in [1.82, 2.24) is 5.32 Å². The fraction of sp³-hybridized carbons (Fsp3) is 0.278. The quantitative estimate of drug-likeness (QED) is 0.829. The van der Waals surface area contributed by atoms with Crippen LogP contribution in [0.1, 0.15) is 34.5 Å². The van der Waals surface area contributed by atoms with Gasteiger partial charge in [-0.1, -0.05) is 29.3 Å². The normalized spacial score (nSPS) is 14.8.